The van der Waals surface area contributed by atoms with Crippen LogP contribution in [0, 0.1) is 21.4 Å². The van der Waals surface area contributed by atoms with E-state index >= 15 is 0 Å². The molecule has 10 heteroatoms. The van der Waals surface area contributed by atoms with Gasteiger partial charge in [0.1, 0.15) is 0 Å². The molecule has 0 N–H and O–H groups in total. The number of benzene rings is 2. The maximum absolute atomic E-state index is 12.3. The molecule has 23 heavy (non-hydrogen) atoms. The summed E-state index contributed by atoms with van der Waals surface area (Å²) in [7, 11) is -4.52. The second kappa shape index (κ2) is 6.42. The molecule has 118 valence electrons. The quantitative estimate of drug-likeness (QED) is 0.461. The molecule has 0 bridgehead atoms. The molecule has 0 aliphatic carbocycles. The Hall–Kier alpha value is -2.34. The van der Waals surface area contributed by atoms with Gasteiger partial charge in [0.15, 0.2) is 10.6 Å². The zero-order valence-electron chi connectivity index (χ0n) is 11.1. The largest absolute Gasteiger partial charge is 0.377 e. The van der Waals surface area contributed by atoms with Gasteiger partial charge in [-0.3, -0.25) is 10.1 Å². The standard InChI is InChI=1S/C13H6Cl2N2O5S/c14-9-2-4-13(11(6-9)17(18)19)23(20,21)22-12-3-1-8(7-16)5-10(12)15/h1-6H. The molecule has 2 aromatic rings. The number of hydrogen-bond donors (Lipinski definition) is 0. The fourth-order valence-corrected chi connectivity index (χ4v) is 3.17. The number of nitro benzene ring substituents is 1. The van der Waals surface area contributed by atoms with E-state index in [9.17, 15) is 18.5 Å². The Morgan fingerprint density at radius 3 is 2.43 bits per heavy atom. The van der Waals surface area contributed by atoms with Crippen LogP contribution in [0.5, 0.6) is 5.75 Å². The Kier molecular flexibility index (Phi) is 4.75. The molecular weight excluding hydrogens is 367 g/mol. The molecule has 2 aromatic carbocycles. The van der Waals surface area contributed by atoms with Crippen molar-refractivity contribution in [3.8, 4) is 11.8 Å². The summed E-state index contributed by atoms with van der Waals surface area (Å²) in [5, 5.41) is 19.6. The highest BCUT2D eigenvalue weighted by Gasteiger charge is 2.28. The fraction of sp³-hybridized carbons (Fsp3) is 0. The van der Waals surface area contributed by atoms with Crippen LogP contribution in [0.1, 0.15) is 5.56 Å². The van der Waals surface area contributed by atoms with Gasteiger partial charge in [0.25, 0.3) is 5.69 Å². The van der Waals surface area contributed by atoms with Gasteiger partial charge in [-0.2, -0.15) is 13.7 Å². The van der Waals surface area contributed by atoms with Gasteiger partial charge in [-0.05, 0) is 30.3 Å². The predicted molar refractivity (Wildman–Crippen MR) is 82.1 cm³/mol. The SMILES string of the molecule is N#Cc1ccc(OS(=O)(=O)c2ccc(Cl)cc2[N+](=O)[O-])c(Cl)c1. The highest BCUT2D eigenvalue weighted by atomic mass is 35.5. The normalized spacial score (nSPS) is 10.8. The van der Waals surface area contributed by atoms with E-state index in [0.717, 1.165) is 12.1 Å². The van der Waals surface area contributed by atoms with Crippen molar-refractivity contribution in [2.75, 3.05) is 0 Å². The smallest absolute Gasteiger partial charge is 0.346 e. The van der Waals surface area contributed by atoms with Crippen molar-refractivity contribution >= 4 is 39.0 Å². The predicted octanol–water partition coefficient (Wildman–Crippen LogP) is 3.54. The summed E-state index contributed by atoms with van der Waals surface area (Å²) in [4.78, 5) is 9.44. The van der Waals surface area contributed by atoms with Crippen molar-refractivity contribution in [1.29, 1.82) is 5.26 Å². The Morgan fingerprint density at radius 2 is 1.87 bits per heavy atom. The zero-order chi connectivity index (χ0) is 17.2. The van der Waals surface area contributed by atoms with E-state index in [0.29, 0.717) is 0 Å². The van der Waals surface area contributed by atoms with Crippen LogP contribution in [-0.2, 0) is 10.1 Å². The molecule has 0 aliphatic rings. The lowest BCUT2D eigenvalue weighted by atomic mass is 10.2. The minimum Gasteiger partial charge on any atom is -0.377 e. The van der Waals surface area contributed by atoms with E-state index in [2.05, 4.69) is 0 Å². The Morgan fingerprint density at radius 1 is 1.17 bits per heavy atom. The minimum atomic E-state index is -4.52. The Labute approximate surface area is 140 Å². The summed E-state index contributed by atoms with van der Waals surface area (Å²) >= 11 is 11.5. The third-order valence-corrected chi connectivity index (χ3v) is 4.46. The monoisotopic (exact) mass is 372 g/mol. The van der Waals surface area contributed by atoms with Crippen molar-refractivity contribution in [3.63, 3.8) is 0 Å². The second-order valence-electron chi connectivity index (χ2n) is 4.16. The van der Waals surface area contributed by atoms with Crippen LogP contribution in [0.3, 0.4) is 0 Å². The van der Waals surface area contributed by atoms with Crippen molar-refractivity contribution in [2.45, 2.75) is 4.90 Å². The van der Waals surface area contributed by atoms with Crippen molar-refractivity contribution in [1.82, 2.24) is 0 Å². The molecule has 0 spiro atoms. The van der Waals surface area contributed by atoms with Crippen LogP contribution >= 0.6 is 23.2 Å². The molecule has 0 unspecified atom stereocenters. The van der Waals surface area contributed by atoms with E-state index in [1.807, 2.05) is 6.07 Å². The topological polar surface area (TPSA) is 110 Å². The highest BCUT2D eigenvalue weighted by molar-refractivity contribution is 7.87. The number of halogens is 2. The third kappa shape index (κ3) is 3.71. The molecule has 2 rings (SSSR count). The van der Waals surface area contributed by atoms with Gasteiger partial charge in [0.05, 0.1) is 21.6 Å². The van der Waals surface area contributed by atoms with Gasteiger partial charge in [0.2, 0.25) is 0 Å². The summed E-state index contributed by atoms with van der Waals surface area (Å²) in [5.74, 6) is -0.255. The summed E-state index contributed by atoms with van der Waals surface area (Å²) in [6.45, 7) is 0. The van der Waals surface area contributed by atoms with Gasteiger partial charge >= 0.3 is 10.1 Å². The van der Waals surface area contributed by atoms with Gasteiger partial charge in [-0.15, -0.1) is 0 Å². The van der Waals surface area contributed by atoms with Crippen molar-refractivity contribution in [3.05, 3.63) is 62.1 Å². The molecule has 7 nitrogen and oxygen atoms in total. The summed E-state index contributed by atoms with van der Waals surface area (Å²) < 4.78 is 29.3. The van der Waals surface area contributed by atoms with Crippen LogP contribution in [-0.4, -0.2) is 13.3 Å². The zero-order valence-corrected chi connectivity index (χ0v) is 13.4. The van der Waals surface area contributed by atoms with E-state index in [1.54, 1.807) is 0 Å². The number of nitriles is 1. The highest BCUT2D eigenvalue weighted by Crippen LogP contribution is 2.32. The maximum Gasteiger partial charge on any atom is 0.346 e. The van der Waals surface area contributed by atoms with Crippen LogP contribution in [0.25, 0.3) is 0 Å². The van der Waals surface area contributed by atoms with Gasteiger partial charge < -0.3 is 4.18 Å². The van der Waals surface area contributed by atoms with E-state index in [1.165, 1.54) is 24.3 Å². The van der Waals surface area contributed by atoms with Gasteiger partial charge in [0, 0.05) is 11.1 Å². The molecule has 0 radical (unpaired) electrons. The molecule has 0 aromatic heterocycles. The molecule has 0 atom stereocenters. The first-order chi connectivity index (χ1) is 10.7. The molecule has 0 saturated carbocycles. The number of rotatable bonds is 4. The number of hydrogen-bond acceptors (Lipinski definition) is 6. The lowest BCUT2D eigenvalue weighted by Crippen LogP contribution is -2.12. The van der Waals surface area contributed by atoms with Gasteiger partial charge in [-0.25, -0.2) is 0 Å². The van der Waals surface area contributed by atoms with Crippen LogP contribution < -0.4 is 4.18 Å². The van der Waals surface area contributed by atoms with Crippen LogP contribution in [0.4, 0.5) is 5.69 Å². The molecular formula is C13H6Cl2N2O5S. The van der Waals surface area contributed by atoms with Crippen molar-refractivity contribution in [2.24, 2.45) is 0 Å². The van der Waals surface area contributed by atoms with E-state index < -0.39 is 25.6 Å². The Balaban J connectivity index is 2.48. The summed E-state index contributed by atoms with van der Waals surface area (Å²) in [6, 6.07) is 8.57. The molecule has 0 aliphatic heterocycles. The molecule has 0 heterocycles. The second-order valence-corrected chi connectivity index (χ2v) is 6.52. The summed E-state index contributed by atoms with van der Waals surface area (Å²) in [6.07, 6.45) is 0. The summed E-state index contributed by atoms with van der Waals surface area (Å²) in [5.41, 5.74) is -0.514. The lowest BCUT2D eigenvalue weighted by molar-refractivity contribution is -0.387. The molecule has 0 amide bonds. The first-order valence-corrected chi connectivity index (χ1v) is 7.99. The average molecular weight is 373 g/mol. The first-order valence-electron chi connectivity index (χ1n) is 5.82. The van der Waals surface area contributed by atoms with E-state index in [-0.39, 0.29) is 21.4 Å². The van der Waals surface area contributed by atoms with Gasteiger partial charge in [-0.1, -0.05) is 23.2 Å². The van der Waals surface area contributed by atoms with Crippen LogP contribution in [0.2, 0.25) is 10.0 Å². The number of nitro groups is 1. The maximum atomic E-state index is 12.3. The van der Waals surface area contributed by atoms with E-state index in [4.69, 9.17) is 32.6 Å². The first kappa shape index (κ1) is 17.0. The minimum absolute atomic E-state index is 0.00653. The average Bonchev–Trinajstić information content (AvgIpc) is 2.48. The number of nitrogens with zero attached hydrogens (tertiary/aromatic N) is 2. The molecule has 0 saturated heterocycles. The Bertz CT molecular complexity index is 938. The molecule has 0 fully saturated rings. The van der Waals surface area contributed by atoms with Crippen molar-refractivity contribution < 1.29 is 17.5 Å². The lowest BCUT2D eigenvalue weighted by Gasteiger charge is -2.09. The fourth-order valence-electron chi connectivity index (χ4n) is 1.65. The van der Waals surface area contributed by atoms with Crippen LogP contribution in [0.15, 0.2) is 41.3 Å². The third-order valence-electron chi connectivity index (χ3n) is 2.65.